The molecule has 1 aliphatic rings. The normalized spacial score (nSPS) is 39.9. The second-order valence-electron chi connectivity index (χ2n) is 4.77. The van der Waals surface area contributed by atoms with Gasteiger partial charge in [-0.1, -0.05) is 27.7 Å². The van der Waals surface area contributed by atoms with Gasteiger partial charge in [0.25, 0.3) is 0 Å². The molecule has 0 aromatic rings. The highest BCUT2D eigenvalue weighted by Gasteiger charge is 2.53. The molecule has 0 bridgehead atoms. The molecule has 12 heavy (non-hydrogen) atoms. The molecule has 0 spiro atoms. The van der Waals surface area contributed by atoms with Crippen LogP contribution < -0.4 is 0 Å². The fourth-order valence-electron chi connectivity index (χ4n) is 2.08. The molecule has 1 fully saturated rings. The maximum Gasteiger partial charge on any atom is 0.228 e. The monoisotopic (exact) mass is 188 g/mol. The Morgan fingerprint density at radius 1 is 1.42 bits per heavy atom. The smallest absolute Gasteiger partial charge is 0.228 e. The number of hydrogen-bond donors (Lipinski definition) is 0. The Morgan fingerprint density at radius 3 is 2.08 bits per heavy atom. The van der Waals surface area contributed by atoms with E-state index in [1.807, 2.05) is 6.92 Å². The van der Waals surface area contributed by atoms with Crippen molar-refractivity contribution in [2.75, 3.05) is 0 Å². The fraction of sp³-hybridized carbons (Fsp3) is 0.900. The van der Waals surface area contributed by atoms with Crippen LogP contribution in [-0.4, -0.2) is 5.24 Å². The zero-order chi connectivity index (χ0) is 9.57. The first-order valence-corrected chi connectivity index (χ1v) is 4.90. The summed E-state index contributed by atoms with van der Waals surface area (Å²) >= 11 is 5.64. The zero-order valence-corrected chi connectivity index (χ0v) is 9.03. The minimum absolute atomic E-state index is 0.0475. The van der Waals surface area contributed by atoms with E-state index in [-0.39, 0.29) is 16.1 Å². The summed E-state index contributed by atoms with van der Waals surface area (Å²) in [7, 11) is 0. The third-order valence-corrected chi connectivity index (χ3v) is 4.58. The van der Waals surface area contributed by atoms with Gasteiger partial charge in [0.15, 0.2) is 0 Å². The van der Waals surface area contributed by atoms with E-state index in [9.17, 15) is 4.79 Å². The Morgan fingerprint density at radius 2 is 1.92 bits per heavy atom. The SMILES string of the molecule is C[C@@H]1CC[C@@](C)(C(=O)Cl)C1(C)C. The number of carbonyl (C=O) groups is 1. The zero-order valence-electron chi connectivity index (χ0n) is 8.28. The lowest BCUT2D eigenvalue weighted by Crippen LogP contribution is -2.37. The lowest BCUT2D eigenvalue weighted by atomic mass is 9.67. The summed E-state index contributed by atoms with van der Waals surface area (Å²) in [4.78, 5) is 11.3. The summed E-state index contributed by atoms with van der Waals surface area (Å²) in [5.74, 6) is 0.588. The molecule has 1 saturated carbocycles. The Bertz CT molecular complexity index is 210. The van der Waals surface area contributed by atoms with Crippen molar-refractivity contribution in [3.63, 3.8) is 0 Å². The van der Waals surface area contributed by atoms with Gasteiger partial charge in [-0.25, -0.2) is 0 Å². The first kappa shape index (κ1) is 10.0. The van der Waals surface area contributed by atoms with Gasteiger partial charge in [0, 0.05) is 5.41 Å². The molecule has 0 N–H and O–H groups in total. The Labute approximate surface area is 79.5 Å². The standard InChI is InChI=1S/C10H17ClO/c1-7-5-6-10(4,8(11)12)9(7,2)3/h7H,5-6H2,1-4H3/t7-,10+/m1/s1. The fourth-order valence-corrected chi connectivity index (χ4v) is 2.42. The minimum atomic E-state index is -0.312. The lowest BCUT2D eigenvalue weighted by Gasteiger charge is -2.37. The van der Waals surface area contributed by atoms with Gasteiger partial charge in [-0.3, -0.25) is 4.79 Å². The number of carbonyl (C=O) groups excluding carboxylic acids is 1. The Kier molecular flexibility index (Phi) is 2.28. The molecule has 1 nitrogen and oxygen atoms in total. The van der Waals surface area contributed by atoms with Gasteiger partial charge in [0.2, 0.25) is 5.24 Å². The number of rotatable bonds is 1. The Balaban J connectivity index is 3.01. The van der Waals surface area contributed by atoms with Crippen molar-refractivity contribution in [3.05, 3.63) is 0 Å². The molecule has 0 aliphatic heterocycles. The van der Waals surface area contributed by atoms with Crippen LogP contribution in [0.4, 0.5) is 0 Å². The van der Waals surface area contributed by atoms with Gasteiger partial charge in [0.05, 0.1) is 0 Å². The van der Waals surface area contributed by atoms with Crippen molar-refractivity contribution < 1.29 is 4.79 Å². The lowest BCUT2D eigenvalue weighted by molar-refractivity contribution is -0.124. The van der Waals surface area contributed by atoms with Gasteiger partial charge in [-0.2, -0.15) is 0 Å². The van der Waals surface area contributed by atoms with Crippen molar-refractivity contribution in [2.45, 2.75) is 40.5 Å². The van der Waals surface area contributed by atoms with Gasteiger partial charge in [0.1, 0.15) is 0 Å². The second-order valence-corrected chi connectivity index (χ2v) is 5.11. The molecule has 0 amide bonds. The van der Waals surface area contributed by atoms with Gasteiger partial charge < -0.3 is 0 Å². The Hall–Kier alpha value is -0.0400. The van der Waals surface area contributed by atoms with Crippen molar-refractivity contribution >= 4 is 16.8 Å². The van der Waals surface area contributed by atoms with Crippen LogP contribution in [0.5, 0.6) is 0 Å². The van der Waals surface area contributed by atoms with E-state index >= 15 is 0 Å². The number of halogens is 1. The van der Waals surface area contributed by atoms with E-state index in [1.165, 1.54) is 0 Å². The van der Waals surface area contributed by atoms with Crippen molar-refractivity contribution in [1.82, 2.24) is 0 Å². The van der Waals surface area contributed by atoms with Gasteiger partial charge in [-0.05, 0) is 35.8 Å². The van der Waals surface area contributed by atoms with Crippen molar-refractivity contribution in [3.8, 4) is 0 Å². The first-order chi connectivity index (χ1) is 5.32. The van der Waals surface area contributed by atoms with Gasteiger partial charge >= 0.3 is 0 Å². The van der Waals surface area contributed by atoms with Crippen molar-refractivity contribution in [1.29, 1.82) is 0 Å². The molecule has 0 radical (unpaired) electrons. The summed E-state index contributed by atoms with van der Waals surface area (Å²) in [5, 5.41) is -0.170. The molecule has 70 valence electrons. The van der Waals surface area contributed by atoms with Crippen LogP contribution in [0.2, 0.25) is 0 Å². The quantitative estimate of drug-likeness (QED) is 0.578. The topological polar surface area (TPSA) is 17.1 Å². The van der Waals surface area contributed by atoms with E-state index < -0.39 is 0 Å². The average Bonchev–Trinajstić information content (AvgIpc) is 2.15. The second kappa shape index (κ2) is 2.73. The van der Waals surface area contributed by atoms with Crippen LogP contribution in [0, 0.1) is 16.7 Å². The predicted octanol–water partition coefficient (Wildman–Crippen LogP) is 3.21. The average molecular weight is 189 g/mol. The molecule has 2 atom stereocenters. The molecule has 0 unspecified atom stereocenters. The third-order valence-electron chi connectivity index (χ3n) is 4.17. The van der Waals surface area contributed by atoms with Crippen LogP contribution in [0.1, 0.15) is 40.5 Å². The maximum atomic E-state index is 11.3. The van der Waals surface area contributed by atoms with E-state index in [0.29, 0.717) is 5.92 Å². The molecular weight excluding hydrogens is 172 g/mol. The molecule has 1 aliphatic carbocycles. The summed E-state index contributed by atoms with van der Waals surface area (Å²) in [6.45, 7) is 8.48. The van der Waals surface area contributed by atoms with Crippen LogP contribution in [0.15, 0.2) is 0 Å². The highest BCUT2D eigenvalue weighted by molar-refractivity contribution is 6.64. The van der Waals surface area contributed by atoms with E-state index in [4.69, 9.17) is 11.6 Å². The van der Waals surface area contributed by atoms with E-state index in [1.54, 1.807) is 0 Å². The van der Waals surface area contributed by atoms with Gasteiger partial charge in [-0.15, -0.1) is 0 Å². The summed E-state index contributed by atoms with van der Waals surface area (Å²) < 4.78 is 0. The minimum Gasteiger partial charge on any atom is -0.281 e. The van der Waals surface area contributed by atoms with Crippen LogP contribution >= 0.6 is 11.6 Å². The summed E-state index contributed by atoms with van der Waals surface area (Å²) in [6, 6.07) is 0. The van der Waals surface area contributed by atoms with Crippen LogP contribution in [0.3, 0.4) is 0 Å². The summed E-state index contributed by atoms with van der Waals surface area (Å²) in [6.07, 6.45) is 2.05. The van der Waals surface area contributed by atoms with Crippen LogP contribution in [0.25, 0.3) is 0 Å². The number of hydrogen-bond acceptors (Lipinski definition) is 1. The predicted molar refractivity (Wildman–Crippen MR) is 51.1 cm³/mol. The first-order valence-electron chi connectivity index (χ1n) is 4.52. The largest absolute Gasteiger partial charge is 0.281 e. The highest BCUT2D eigenvalue weighted by Crippen LogP contribution is 2.56. The summed E-state index contributed by atoms with van der Waals surface area (Å²) in [5.41, 5.74) is -0.264. The van der Waals surface area contributed by atoms with E-state index in [2.05, 4.69) is 20.8 Å². The molecule has 0 aromatic heterocycles. The molecular formula is C10H17ClO. The van der Waals surface area contributed by atoms with Crippen LogP contribution in [-0.2, 0) is 4.79 Å². The van der Waals surface area contributed by atoms with Crippen molar-refractivity contribution in [2.24, 2.45) is 16.7 Å². The highest BCUT2D eigenvalue weighted by atomic mass is 35.5. The maximum absolute atomic E-state index is 11.3. The van der Waals surface area contributed by atoms with E-state index in [0.717, 1.165) is 12.8 Å². The molecule has 0 saturated heterocycles. The molecule has 0 heterocycles. The third kappa shape index (κ3) is 1.10. The molecule has 0 aromatic carbocycles. The molecule has 2 heteroatoms. The molecule has 1 rings (SSSR count).